The van der Waals surface area contributed by atoms with E-state index < -0.39 is 0 Å². The Morgan fingerprint density at radius 2 is 2.10 bits per heavy atom. The summed E-state index contributed by atoms with van der Waals surface area (Å²) in [6.45, 7) is 8.26. The van der Waals surface area contributed by atoms with Gasteiger partial charge in [-0.15, -0.1) is 0 Å². The lowest BCUT2D eigenvalue weighted by Crippen LogP contribution is -2.26. The molecule has 1 aromatic heterocycles. The number of aromatic nitrogens is 2. The summed E-state index contributed by atoms with van der Waals surface area (Å²) in [5, 5.41) is 9.00. The summed E-state index contributed by atoms with van der Waals surface area (Å²) in [4.78, 5) is 0. The van der Waals surface area contributed by atoms with Crippen LogP contribution in [0.1, 0.15) is 43.3 Å². The number of halogens is 1. The zero-order chi connectivity index (χ0) is 15.2. The van der Waals surface area contributed by atoms with Crippen LogP contribution in [0.15, 0.2) is 30.3 Å². The van der Waals surface area contributed by atoms with Gasteiger partial charge in [0.1, 0.15) is 0 Å². The Labute approximate surface area is 132 Å². The van der Waals surface area contributed by atoms with Crippen molar-refractivity contribution >= 4 is 11.6 Å². The molecule has 1 atom stereocenters. The Kier molecular flexibility index (Phi) is 5.83. The molecule has 3 nitrogen and oxygen atoms in total. The van der Waals surface area contributed by atoms with E-state index in [0.29, 0.717) is 0 Å². The largest absolute Gasteiger partial charge is 0.308 e. The minimum absolute atomic E-state index is 0.268. The highest BCUT2D eigenvalue weighted by Crippen LogP contribution is 2.21. The summed E-state index contributed by atoms with van der Waals surface area (Å²) in [5.74, 6) is 0. The molecule has 0 amide bonds. The van der Waals surface area contributed by atoms with Gasteiger partial charge in [-0.3, -0.25) is 4.68 Å². The predicted molar refractivity (Wildman–Crippen MR) is 88.8 cm³/mol. The summed E-state index contributed by atoms with van der Waals surface area (Å²) in [6, 6.07) is 10.6. The van der Waals surface area contributed by atoms with E-state index in [2.05, 4.69) is 41.1 Å². The number of hydrogen-bond donors (Lipinski definition) is 1. The molecule has 2 aromatic rings. The monoisotopic (exact) mass is 305 g/mol. The van der Waals surface area contributed by atoms with E-state index in [1.165, 1.54) is 11.3 Å². The summed E-state index contributed by atoms with van der Waals surface area (Å²) in [6.07, 6.45) is 2.04. The van der Waals surface area contributed by atoms with Gasteiger partial charge in [0, 0.05) is 11.6 Å². The van der Waals surface area contributed by atoms with Gasteiger partial charge in [0.2, 0.25) is 0 Å². The van der Waals surface area contributed by atoms with Gasteiger partial charge >= 0.3 is 0 Å². The quantitative estimate of drug-likeness (QED) is 0.833. The molecule has 0 bridgehead atoms. The minimum atomic E-state index is 0.268. The molecule has 0 saturated carbocycles. The van der Waals surface area contributed by atoms with Crippen LogP contribution in [0.5, 0.6) is 0 Å². The maximum absolute atomic E-state index is 6.10. The molecular formula is C17H24ClN3. The van der Waals surface area contributed by atoms with Gasteiger partial charge in [0.05, 0.1) is 17.4 Å². The first-order chi connectivity index (χ1) is 10.1. The lowest BCUT2D eigenvalue weighted by atomic mass is 10.0. The summed E-state index contributed by atoms with van der Waals surface area (Å²) in [5.41, 5.74) is 3.57. The number of rotatable bonds is 7. The molecule has 1 N–H and O–H groups in total. The Morgan fingerprint density at radius 3 is 2.76 bits per heavy atom. The van der Waals surface area contributed by atoms with Crippen LogP contribution in [0, 0.1) is 6.92 Å². The molecule has 0 radical (unpaired) electrons. The smallest absolute Gasteiger partial charge is 0.0597 e. The minimum Gasteiger partial charge on any atom is -0.308 e. The zero-order valence-corrected chi connectivity index (χ0v) is 13.8. The van der Waals surface area contributed by atoms with Crippen molar-refractivity contribution in [3.8, 4) is 0 Å². The van der Waals surface area contributed by atoms with Crippen LogP contribution in [0.3, 0.4) is 0 Å². The lowest BCUT2D eigenvalue weighted by Gasteiger charge is -2.20. The second-order valence-electron chi connectivity index (χ2n) is 5.37. The van der Waals surface area contributed by atoms with Crippen LogP contribution in [0.25, 0.3) is 0 Å². The third-order valence-corrected chi connectivity index (χ3v) is 3.79. The molecule has 21 heavy (non-hydrogen) atoms. The molecule has 1 heterocycles. The van der Waals surface area contributed by atoms with E-state index >= 15 is 0 Å². The summed E-state index contributed by atoms with van der Waals surface area (Å²) >= 11 is 6.10. The average molecular weight is 306 g/mol. The molecular weight excluding hydrogens is 282 g/mol. The van der Waals surface area contributed by atoms with E-state index in [4.69, 9.17) is 11.6 Å². The molecule has 0 aliphatic rings. The fraction of sp³-hybridized carbons (Fsp3) is 0.471. The van der Waals surface area contributed by atoms with Crippen LogP contribution >= 0.6 is 11.6 Å². The number of hydrogen-bond acceptors (Lipinski definition) is 2. The standard InChI is InChI=1S/C17H24ClN3/c1-4-9-19-16(12-14-7-6-8-15(18)11-14)17-10-13(3)20-21(17)5-2/h6-8,10-11,16,19H,4-5,9,12H2,1-3H3. The number of nitrogens with one attached hydrogen (secondary N) is 1. The first-order valence-corrected chi connectivity index (χ1v) is 8.04. The lowest BCUT2D eigenvalue weighted by molar-refractivity contribution is 0.478. The first-order valence-electron chi connectivity index (χ1n) is 7.66. The average Bonchev–Trinajstić information content (AvgIpc) is 2.84. The van der Waals surface area contributed by atoms with Crippen molar-refractivity contribution in [2.75, 3.05) is 6.54 Å². The Morgan fingerprint density at radius 1 is 1.29 bits per heavy atom. The molecule has 0 saturated heterocycles. The summed E-state index contributed by atoms with van der Waals surface area (Å²) in [7, 11) is 0. The third-order valence-electron chi connectivity index (χ3n) is 3.56. The topological polar surface area (TPSA) is 29.9 Å². The van der Waals surface area contributed by atoms with E-state index in [9.17, 15) is 0 Å². The number of aryl methyl sites for hydroxylation is 2. The van der Waals surface area contributed by atoms with E-state index in [1.54, 1.807) is 0 Å². The number of nitrogens with zero attached hydrogens (tertiary/aromatic N) is 2. The highest BCUT2D eigenvalue weighted by molar-refractivity contribution is 6.30. The van der Waals surface area contributed by atoms with Gasteiger partial charge in [-0.1, -0.05) is 30.7 Å². The fourth-order valence-electron chi connectivity index (χ4n) is 2.60. The number of benzene rings is 1. The Bertz CT molecular complexity index is 577. The highest BCUT2D eigenvalue weighted by atomic mass is 35.5. The van der Waals surface area contributed by atoms with E-state index in [0.717, 1.165) is 36.6 Å². The van der Waals surface area contributed by atoms with Gasteiger partial charge < -0.3 is 5.32 Å². The van der Waals surface area contributed by atoms with Crippen LogP contribution in [-0.2, 0) is 13.0 Å². The maximum Gasteiger partial charge on any atom is 0.0597 e. The molecule has 114 valence electrons. The normalized spacial score (nSPS) is 12.6. The summed E-state index contributed by atoms with van der Waals surface area (Å²) < 4.78 is 2.09. The van der Waals surface area contributed by atoms with Crippen LogP contribution in [0.2, 0.25) is 5.02 Å². The Balaban J connectivity index is 2.25. The van der Waals surface area contributed by atoms with Crippen LogP contribution < -0.4 is 5.32 Å². The van der Waals surface area contributed by atoms with Crippen LogP contribution in [-0.4, -0.2) is 16.3 Å². The molecule has 0 aliphatic heterocycles. The van der Waals surface area contributed by atoms with Crippen molar-refractivity contribution in [2.24, 2.45) is 0 Å². The van der Waals surface area contributed by atoms with Crippen LogP contribution in [0.4, 0.5) is 0 Å². The van der Waals surface area contributed by atoms with Crippen molar-refractivity contribution in [1.29, 1.82) is 0 Å². The molecule has 1 aromatic carbocycles. The van der Waals surface area contributed by atoms with Crippen molar-refractivity contribution in [2.45, 2.75) is 46.2 Å². The van der Waals surface area contributed by atoms with Gasteiger partial charge in [-0.25, -0.2) is 0 Å². The maximum atomic E-state index is 6.10. The van der Waals surface area contributed by atoms with Gasteiger partial charge in [-0.05, 0) is 57.0 Å². The van der Waals surface area contributed by atoms with Crippen molar-refractivity contribution < 1.29 is 0 Å². The van der Waals surface area contributed by atoms with E-state index in [1.807, 2.05) is 25.1 Å². The highest BCUT2D eigenvalue weighted by Gasteiger charge is 2.17. The van der Waals surface area contributed by atoms with Gasteiger partial charge in [0.15, 0.2) is 0 Å². The molecule has 0 aliphatic carbocycles. The molecule has 0 fully saturated rings. The second kappa shape index (κ2) is 7.62. The first kappa shape index (κ1) is 16.1. The third kappa shape index (κ3) is 4.32. The van der Waals surface area contributed by atoms with Crippen molar-refractivity contribution in [1.82, 2.24) is 15.1 Å². The second-order valence-corrected chi connectivity index (χ2v) is 5.80. The molecule has 0 spiro atoms. The van der Waals surface area contributed by atoms with Crippen molar-refractivity contribution in [3.05, 3.63) is 52.3 Å². The molecule has 2 rings (SSSR count). The van der Waals surface area contributed by atoms with Crippen molar-refractivity contribution in [3.63, 3.8) is 0 Å². The zero-order valence-electron chi connectivity index (χ0n) is 13.1. The van der Waals surface area contributed by atoms with E-state index in [-0.39, 0.29) is 6.04 Å². The van der Waals surface area contributed by atoms with Gasteiger partial charge in [-0.2, -0.15) is 5.10 Å². The molecule has 4 heteroatoms. The SMILES string of the molecule is CCCNC(Cc1cccc(Cl)c1)c1cc(C)nn1CC. The fourth-order valence-corrected chi connectivity index (χ4v) is 2.81. The molecule has 1 unspecified atom stereocenters. The Hall–Kier alpha value is -1.32. The predicted octanol–water partition coefficient (Wildman–Crippen LogP) is 4.15. The van der Waals surface area contributed by atoms with Gasteiger partial charge in [0.25, 0.3) is 0 Å².